The number of aliphatic carboxylic acids is 1. The van der Waals surface area contributed by atoms with E-state index in [-0.39, 0.29) is 18.9 Å². The number of hydrogen-bond acceptors (Lipinski definition) is 5. The highest BCUT2D eigenvalue weighted by Gasteiger charge is 2.29. The molecule has 0 bridgehead atoms. The maximum absolute atomic E-state index is 12.8. The van der Waals surface area contributed by atoms with Crippen molar-refractivity contribution in [2.75, 3.05) is 13.1 Å². The van der Waals surface area contributed by atoms with Crippen LogP contribution in [-0.2, 0) is 16.0 Å². The van der Waals surface area contributed by atoms with E-state index in [1.165, 1.54) is 4.90 Å². The fourth-order valence-corrected chi connectivity index (χ4v) is 4.10. The maximum atomic E-state index is 12.8. The second-order valence-corrected chi connectivity index (χ2v) is 7.81. The number of hydrogen-bond donors (Lipinski definition) is 1. The van der Waals surface area contributed by atoms with Gasteiger partial charge in [-0.3, -0.25) is 9.59 Å². The van der Waals surface area contributed by atoms with Gasteiger partial charge in [0.2, 0.25) is 5.91 Å². The number of carbonyl (C=O) groups is 2. The van der Waals surface area contributed by atoms with Crippen LogP contribution in [0.15, 0.2) is 25.8 Å². The predicted octanol–water partition coefficient (Wildman–Crippen LogP) is 3.33. The van der Waals surface area contributed by atoms with Crippen LogP contribution in [0.1, 0.15) is 35.3 Å². The molecule has 1 saturated heterocycles. The molecule has 0 aliphatic carbocycles. The molecule has 1 N–H and O–H groups in total. The van der Waals surface area contributed by atoms with E-state index in [2.05, 4.69) is 0 Å². The SMILES string of the molecule is Cc1oc2cc3oc(=O)c(CC(=O)N4CCC[C@@H](C(=O)O)C4)c(C)c3cc2c1C. The molecule has 7 nitrogen and oxygen atoms in total. The van der Waals surface area contributed by atoms with E-state index >= 15 is 0 Å². The Morgan fingerprint density at radius 1 is 1.10 bits per heavy atom. The quantitative estimate of drug-likeness (QED) is 0.681. The van der Waals surface area contributed by atoms with Crippen molar-refractivity contribution in [3.8, 4) is 0 Å². The van der Waals surface area contributed by atoms with Gasteiger partial charge in [-0.25, -0.2) is 4.79 Å². The summed E-state index contributed by atoms with van der Waals surface area (Å²) in [5.74, 6) is -0.882. The summed E-state index contributed by atoms with van der Waals surface area (Å²) in [6, 6.07) is 3.65. The molecule has 4 rings (SSSR count). The van der Waals surface area contributed by atoms with E-state index < -0.39 is 17.5 Å². The second-order valence-electron chi connectivity index (χ2n) is 7.81. The summed E-state index contributed by atoms with van der Waals surface area (Å²) < 4.78 is 11.2. The molecule has 0 saturated carbocycles. The largest absolute Gasteiger partial charge is 0.481 e. The zero-order valence-electron chi connectivity index (χ0n) is 16.7. The highest BCUT2D eigenvalue weighted by molar-refractivity contribution is 5.97. The van der Waals surface area contributed by atoms with Crippen molar-refractivity contribution < 1.29 is 23.5 Å². The van der Waals surface area contributed by atoms with Crippen LogP contribution in [-0.4, -0.2) is 35.0 Å². The molecule has 3 aromatic rings. The predicted molar refractivity (Wildman–Crippen MR) is 107 cm³/mol. The summed E-state index contributed by atoms with van der Waals surface area (Å²) in [6.07, 6.45) is 1.11. The van der Waals surface area contributed by atoms with Gasteiger partial charge in [0.15, 0.2) is 0 Å². The lowest BCUT2D eigenvalue weighted by molar-refractivity contribution is -0.145. The van der Waals surface area contributed by atoms with Crippen LogP contribution in [0, 0.1) is 26.7 Å². The number of benzene rings is 1. The Hall–Kier alpha value is -3.09. The first kappa shape index (κ1) is 19.2. The van der Waals surface area contributed by atoms with Gasteiger partial charge in [-0.05, 0) is 50.8 Å². The number of likely N-dealkylation sites (tertiary alicyclic amines) is 1. The molecule has 1 atom stereocenters. The summed E-state index contributed by atoms with van der Waals surface area (Å²) in [4.78, 5) is 38.2. The van der Waals surface area contributed by atoms with Crippen molar-refractivity contribution in [1.82, 2.24) is 4.90 Å². The number of carbonyl (C=O) groups excluding carboxylic acids is 1. The molecule has 3 heterocycles. The molecule has 7 heteroatoms. The van der Waals surface area contributed by atoms with Crippen LogP contribution in [0.4, 0.5) is 0 Å². The molecule has 2 aromatic heterocycles. The zero-order valence-corrected chi connectivity index (χ0v) is 16.7. The summed E-state index contributed by atoms with van der Waals surface area (Å²) in [5.41, 5.74) is 2.59. The maximum Gasteiger partial charge on any atom is 0.340 e. The van der Waals surface area contributed by atoms with Crippen LogP contribution in [0.3, 0.4) is 0 Å². The number of amides is 1. The van der Waals surface area contributed by atoms with Crippen molar-refractivity contribution in [3.05, 3.63) is 45.0 Å². The molecule has 1 aromatic carbocycles. The molecule has 1 aliphatic heterocycles. The van der Waals surface area contributed by atoms with Gasteiger partial charge in [-0.15, -0.1) is 0 Å². The lowest BCUT2D eigenvalue weighted by atomic mass is 9.97. The first-order valence-corrected chi connectivity index (χ1v) is 9.73. The summed E-state index contributed by atoms with van der Waals surface area (Å²) in [5, 5.41) is 11.0. The number of fused-ring (bicyclic) bond motifs is 2. The van der Waals surface area contributed by atoms with Gasteiger partial charge in [0.1, 0.15) is 16.9 Å². The molecule has 0 radical (unpaired) electrons. The normalized spacial score (nSPS) is 17.2. The summed E-state index contributed by atoms with van der Waals surface area (Å²) in [7, 11) is 0. The van der Waals surface area contributed by atoms with Crippen molar-refractivity contribution >= 4 is 33.8 Å². The Morgan fingerprint density at radius 2 is 1.79 bits per heavy atom. The van der Waals surface area contributed by atoms with E-state index in [0.29, 0.717) is 41.7 Å². The molecular formula is C22H23NO6. The minimum absolute atomic E-state index is 0.0993. The fourth-order valence-electron chi connectivity index (χ4n) is 4.10. The Kier molecular flexibility index (Phi) is 4.68. The molecule has 152 valence electrons. The van der Waals surface area contributed by atoms with Crippen LogP contribution in [0.5, 0.6) is 0 Å². The van der Waals surface area contributed by atoms with Gasteiger partial charge < -0.3 is 18.8 Å². The number of carboxylic acid groups (broad SMARTS) is 1. The topological polar surface area (TPSA) is 101 Å². The van der Waals surface area contributed by atoms with Crippen LogP contribution >= 0.6 is 0 Å². The van der Waals surface area contributed by atoms with Crippen molar-refractivity contribution in [2.45, 2.75) is 40.0 Å². The average molecular weight is 397 g/mol. The van der Waals surface area contributed by atoms with Crippen molar-refractivity contribution in [2.24, 2.45) is 5.92 Å². The van der Waals surface area contributed by atoms with Gasteiger partial charge in [0, 0.05) is 29.9 Å². The van der Waals surface area contributed by atoms with Gasteiger partial charge in [0.05, 0.1) is 17.9 Å². The third-order valence-corrected chi connectivity index (χ3v) is 6.03. The number of rotatable bonds is 3. The second kappa shape index (κ2) is 7.06. The Balaban J connectivity index is 1.71. The van der Waals surface area contributed by atoms with Gasteiger partial charge >= 0.3 is 11.6 Å². The Labute approximate surface area is 166 Å². The minimum Gasteiger partial charge on any atom is -0.481 e. The molecule has 1 amide bonds. The van der Waals surface area contributed by atoms with Crippen LogP contribution in [0.2, 0.25) is 0 Å². The van der Waals surface area contributed by atoms with Crippen LogP contribution in [0.25, 0.3) is 21.9 Å². The highest BCUT2D eigenvalue weighted by Crippen LogP contribution is 2.31. The smallest absolute Gasteiger partial charge is 0.340 e. The number of furan rings is 1. The van der Waals surface area contributed by atoms with Gasteiger partial charge in [0.25, 0.3) is 0 Å². The van der Waals surface area contributed by atoms with Crippen molar-refractivity contribution in [1.29, 1.82) is 0 Å². The molecule has 1 fully saturated rings. The van der Waals surface area contributed by atoms with E-state index in [1.54, 1.807) is 6.07 Å². The minimum atomic E-state index is -0.890. The third-order valence-electron chi connectivity index (χ3n) is 6.03. The third kappa shape index (κ3) is 3.30. The molecule has 1 aliphatic rings. The molecule has 0 unspecified atom stereocenters. The molecule has 29 heavy (non-hydrogen) atoms. The Morgan fingerprint density at radius 3 is 2.52 bits per heavy atom. The van der Waals surface area contributed by atoms with Gasteiger partial charge in [-0.1, -0.05) is 0 Å². The first-order valence-electron chi connectivity index (χ1n) is 9.73. The Bertz CT molecular complexity index is 1200. The van der Waals surface area contributed by atoms with Crippen molar-refractivity contribution in [3.63, 3.8) is 0 Å². The lowest BCUT2D eigenvalue weighted by Crippen LogP contribution is -2.43. The molecule has 0 spiro atoms. The average Bonchev–Trinajstić information content (AvgIpc) is 2.97. The zero-order chi connectivity index (χ0) is 20.9. The van der Waals surface area contributed by atoms with E-state index in [4.69, 9.17) is 8.83 Å². The summed E-state index contributed by atoms with van der Waals surface area (Å²) in [6.45, 7) is 6.36. The highest BCUT2D eigenvalue weighted by atomic mass is 16.4. The van der Waals surface area contributed by atoms with E-state index in [1.807, 2.05) is 26.8 Å². The first-order chi connectivity index (χ1) is 13.8. The number of nitrogens with zero attached hydrogens (tertiary/aromatic N) is 1. The standard InChI is InChI=1S/C22H23NO6/c1-11-13(3)28-18-9-19-16(7-15(11)18)12(2)17(22(27)29-19)8-20(24)23-6-4-5-14(10-23)21(25)26/h7,9,14H,4-6,8,10H2,1-3H3,(H,25,26)/t14-/m1/s1. The number of piperidine rings is 1. The molecular weight excluding hydrogens is 374 g/mol. The lowest BCUT2D eigenvalue weighted by Gasteiger charge is -2.30. The van der Waals surface area contributed by atoms with E-state index in [0.717, 1.165) is 22.1 Å². The van der Waals surface area contributed by atoms with E-state index in [9.17, 15) is 19.5 Å². The number of carboxylic acids is 1. The van der Waals surface area contributed by atoms with Gasteiger partial charge in [-0.2, -0.15) is 0 Å². The van der Waals surface area contributed by atoms with Crippen LogP contribution < -0.4 is 5.63 Å². The fraction of sp³-hybridized carbons (Fsp3) is 0.409. The number of aryl methyl sites for hydroxylation is 3. The summed E-state index contributed by atoms with van der Waals surface area (Å²) >= 11 is 0. The monoisotopic (exact) mass is 397 g/mol.